The Morgan fingerprint density at radius 3 is 2.64 bits per heavy atom. The van der Waals surface area contributed by atoms with Gasteiger partial charge in [0.05, 0.1) is 11.4 Å². The molecule has 1 aliphatic rings. The van der Waals surface area contributed by atoms with Crippen molar-refractivity contribution < 1.29 is 4.79 Å². The lowest BCUT2D eigenvalue weighted by atomic mass is 10.2. The highest BCUT2D eigenvalue weighted by Gasteiger charge is 2.41. The lowest BCUT2D eigenvalue weighted by Crippen LogP contribution is -2.26. The van der Waals surface area contributed by atoms with Crippen LogP contribution in [-0.2, 0) is 7.05 Å². The van der Waals surface area contributed by atoms with E-state index in [0.717, 1.165) is 23.5 Å². The zero-order chi connectivity index (χ0) is 17.6. The number of imidazole rings is 1. The Kier molecular flexibility index (Phi) is 3.56. The highest BCUT2D eigenvalue weighted by Crippen LogP contribution is 2.39. The van der Waals surface area contributed by atoms with Crippen molar-refractivity contribution in [3.05, 3.63) is 70.2 Å². The molecule has 1 amide bonds. The lowest BCUT2D eigenvalue weighted by molar-refractivity contribution is 0.0950. The second-order valence-corrected chi connectivity index (χ2v) is 6.45. The number of aromatic nitrogens is 4. The highest BCUT2D eigenvalue weighted by atomic mass is 16.2. The number of aromatic amines is 1. The summed E-state index contributed by atoms with van der Waals surface area (Å²) in [7, 11) is 1.89. The number of aryl methyl sites for hydroxylation is 2. The summed E-state index contributed by atoms with van der Waals surface area (Å²) in [4.78, 5) is 26.9. The van der Waals surface area contributed by atoms with Crippen LogP contribution in [0.15, 0.2) is 47.5 Å². The van der Waals surface area contributed by atoms with Crippen LogP contribution in [0, 0.1) is 6.92 Å². The number of carbonyl (C=O) groups is 1. The molecule has 2 N–H and O–H groups in total. The van der Waals surface area contributed by atoms with E-state index in [1.54, 1.807) is 39.7 Å². The van der Waals surface area contributed by atoms with E-state index in [2.05, 4.69) is 15.4 Å². The van der Waals surface area contributed by atoms with Crippen molar-refractivity contribution >= 4 is 5.91 Å². The summed E-state index contributed by atoms with van der Waals surface area (Å²) in [6.07, 6.45) is 4.49. The van der Waals surface area contributed by atoms with Gasteiger partial charge >= 0.3 is 5.69 Å². The number of carbonyl (C=O) groups excluding carboxylic acids is 1. The molecule has 2 heterocycles. The number of hydrogen-bond acceptors (Lipinski definition) is 3. The molecule has 2 aromatic heterocycles. The second kappa shape index (κ2) is 5.77. The van der Waals surface area contributed by atoms with Gasteiger partial charge in [0.2, 0.25) is 0 Å². The molecule has 0 spiro atoms. The fraction of sp³-hybridized carbons (Fsp3) is 0.278. The molecule has 1 saturated carbocycles. The molecule has 0 unspecified atom stereocenters. The molecule has 0 radical (unpaired) electrons. The van der Waals surface area contributed by atoms with E-state index in [-0.39, 0.29) is 17.6 Å². The van der Waals surface area contributed by atoms with E-state index in [0.29, 0.717) is 11.5 Å². The standard InChI is InChI=1S/C18H19N5O2/c1-11-10-19-18(25)23(11)13-5-3-12(4-6-13)17(24)20-16-9-14(16)15-7-8-22(2)21-15/h3-8,10,14,16H,9H2,1-2H3,(H,19,25)(H,20,24)/t14-,16+/m0/s1. The summed E-state index contributed by atoms with van der Waals surface area (Å²) in [5.41, 5.74) is 2.96. The van der Waals surface area contributed by atoms with E-state index in [1.807, 2.05) is 26.2 Å². The van der Waals surface area contributed by atoms with E-state index >= 15 is 0 Å². The minimum atomic E-state index is -0.189. The van der Waals surface area contributed by atoms with Crippen LogP contribution >= 0.6 is 0 Å². The first-order chi connectivity index (χ1) is 12.0. The normalized spacial score (nSPS) is 19.0. The molecule has 4 rings (SSSR count). The van der Waals surface area contributed by atoms with Gasteiger partial charge in [-0.1, -0.05) is 0 Å². The number of amides is 1. The van der Waals surface area contributed by atoms with E-state index in [9.17, 15) is 9.59 Å². The Bertz CT molecular complexity index is 980. The summed E-state index contributed by atoms with van der Waals surface area (Å²) in [5.74, 6) is 0.193. The topological polar surface area (TPSA) is 84.7 Å². The maximum Gasteiger partial charge on any atom is 0.330 e. The first-order valence-corrected chi connectivity index (χ1v) is 8.21. The van der Waals surface area contributed by atoms with Crippen LogP contribution in [0.5, 0.6) is 0 Å². The molecule has 0 aliphatic heterocycles. The third kappa shape index (κ3) is 2.88. The Morgan fingerprint density at radius 2 is 2.04 bits per heavy atom. The summed E-state index contributed by atoms with van der Waals surface area (Å²) >= 11 is 0. The Morgan fingerprint density at radius 1 is 1.28 bits per heavy atom. The van der Waals surface area contributed by atoms with Gasteiger partial charge in [0, 0.05) is 42.7 Å². The second-order valence-electron chi connectivity index (χ2n) is 6.45. The summed E-state index contributed by atoms with van der Waals surface area (Å²) in [5, 5.41) is 7.43. The third-order valence-corrected chi connectivity index (χ3v) is 4.57. The van der Waals surface area contributed by atoms with E-state index in [1.165, 1.54) is 0 Å². The van der Waals surface area contributed by atoms with Crippen molar-refractivity contribution in [1.82, 2.24) is 24.6 Å². The molecular formula is C18H19N5O2. The first-order valence-electron chi connectivity index (χ1n) is 8.21. The molecule has 25 heavy (non-hydrogen) atoms. The van der Waals surface area contributed by atoms with Gasteiger partial charge in [0.1, 0.15) is 0 Å². The molecule has 0 saturated heterocycles. The van der Waals surface area contributed by atoms with Crippen LogP contribution in [0.3, 0.4) is 0 Å². The van der Waals surface area contributed by atoms with Gasteiger partial charge in [-0.3, -0.25) is 14.0 Å². The van der Waals surface area contributed by atoms with E-state index in [4.69, 9.17) is 0 Å². The number of nitrogens with zero attached hydrogens (tertiary/aromatic N) is 3. The van der Waals surface area contributed by atoms with Gasteiger partial charge in [0.15, 0.2) is 0 Å². The van der Waals surface area contributed by atoms with Crippen molar-refractivity contribution in [3.63, 3.8) is 0 Å². The molecular weight excluding hydrogens is 318 g/mol. The van der Waals surface area contributed by atoms with Crippen LogP contribution < -0.4 is 11.0 Å². The minimum Gasteiger partial charge on any atom is -0.349 e. The molecule has 1 fully saturated rings. The third-order valence-electron chi connectivity index (χ3n) is 4.57. The molecule has 7 heteroatoms. The largest absolute Gasteiger partial charge is 0.349 e. The number of rotatable bonds is 4. The van der Waals surface area contributed by atoms with Crippen LogP contribution in [0.25, 0.3) is 5.69 Å². The average molecular weight is 337 g/mol. The number of H-pyrrole nitrogens is 1. The van der Waals surface area contributed by atoms with Crippen molar-refractivity contribution in [2.24, 2.45) is 7.05 Å². The minimum absolute atomic E-state index is 0.104. The van der Waals surface area contributed by atoms with Gasteiger partial charge in [-0.15, -0.1) is 0 Å². The maximum atomic E-state index is 12.4. The Labute approximate surface area is 144 Å². The maximum absolute atomic E-state index is 12.4. The predicted octanol–water partition coefficient (Wildman–Crippen LogP) is 1.49. The number of benzene rings is 1. The number of hydrogen-bond donors (Lipinski definition) is 2. The van der Waals surface area contributed by atoms with Crippen molar-refractivity contribution in [1.29, 1.82) is 0 Å². The summed E-state index contributed by atoms with van der Waals surface area (Å²) in [6.45, 7) is 1.85. The fourth-order valence-corrected chi connectivity index (χ4v) is 3.10. The number of nitrogens with one attached hydrogen (secondary N) is 2. The SMILES string of the molecule is Cc1c[nH]c(=O)n1-c1ccc(C(=O)N[C@@H]2C[C@H]2c2ccn(C)n2)cc1. The summed E-state index contributed by atoms with van der Waals surface area (Å²) < 4.78 is 3.34. The molecule has 1 aromatic carbocycles. The van der Waals surface area contributed by atoms with Crippen molar-refractivity contribution in [2.45, 2.75) is 25.3 Å². The molecule has 7 nitrogen and oxygen atoms in total. The van der Waals surface area contributed by atoms with Gasteiger partial charge < -0.3 is 10.3 Å². The van der Waals surface area contributed by atoms with Crippen LogP contribution in [0.1, 0.15) is 34.1 Å². The van der Waals surface area contributed by atoms with Gasteiger partial charge in [-0.05, 0) is 43.7 Å². The average Bonchev–Trinajstić information content (AvgIpc) is 3.08. The first kappa shape index (κ1) is 15.4. The summed E-state index contributed by atoms with van der Waals surface area (Å²) in [6, 6.07) is 9.16. The zero-order valence-corrected chi connectivity index (χ0v) is 14.1. The van der Waals surface area contributed by atoms with E-state index < -0.39 is 0 Å². The Balaban J connectivity index is 1.44. The van der Waals surface area contributed by atoms with Crippen molar-refractivity contribution in [3.8, 4) is 5.69 Å². The van der Waals surface area contributed by atoms with Gasteiger partial charge in [-0.25, -0.2) is 4.79 Å². The Hall–Kier alpha value is -3.09. The predicted molar refractivity (Wildman–Crippen MR) is 92.9 cm³/mol. The molecule has 1 aliphatic carbocycles. The molecule has 2 atom stereocenters. The lowest BCUT2D eigenvalue weighted by Gasteiger charge is -2.07. The quantitative estimate of drug-likeness (QED) is 0.756. The monoisotopic (exact) mass is 337 g/mol. The fourth-order valence-electron chi connectivity index (χ4n) is 3.10. The van der Waals surface area contributed by atoms with Gasteiger partial charge in [0.25, 0.3) is 5.91 Å². The molecule has 0 bridgehead atoms. The smallest absolute Gasteiger partial charge is 0.330 e. The molecule has 3 aromatic rings. The zero-order valence-electron chi connectivity index (χ0n) is 14.1. The molecule has 128 valence electrons. The van der Waals surface area contributed by atoms with Gasteiger partial charge in [-0.2, -0.15) is 5.10 Å². The highest BCUT2D eigenvalue weighted by molar-refractivity contribution is 5.94. The van der Waals surface area contributed by atoms with Crippen LogP contribution in [0.2, 0.25) is 0 Å². The van der Waals surface area contributed by atoms with Crippen LogP contribution in [0.4, 0.5) is 0 Å². The van der Waals surface area contributed by atoms with Crippen molar-refractivity contribution in [2.75, 3.05) is 0 Å². The van der Waals surface area contributed by atoms with Crippen LogP contribution in [-0.4, -0.2) is 31.3 Å².